The molecule has 0 saturated carbocycles. The molecule has 0 bridgehead atoms. The smallest absolute Gasteiger partial charge is 0.0798 e. The largest absolute Gasteiger partial charge is 0.394 e. The number of rotatable bonds is 7. The third-order valence-electron chi connectivity index (χ3n) is 2.30. The topological polar surface area (TPSA) is 69.9 Å². The maximum atomic E-state index is 9.30. The van der Waals surface area contributed by atoms with E-state index >= 15 is 0 Å². The molecule has 3 N–H and O–H groups in total. The van der Waals surface area contributed by atoms with Crippen molar-refractivity contribution in [2.45, 2.75) is 51.4 Å². The fraction of sp³-hybridized carbons (Fsp3) is 1.00. The van der Waals surface area contributed by atoms with E-state index in [0.717, 1.165) is 6.42 Å². The molecule has 86 valence electrons. The highest BCUT2D eigenvalue weighted by Gasteiger charge is 2.26. The number of aliphatic hydroxyl groups excluding tert-OH is 3. The maximum Gasteiger partial charge on any atom is 0.0798 e. The molecule has 0 aliphatic carbocycles. The van der Waals surface area contributed by atoms with Crippen LogP contribution in [0.4, 0.5) is 0 Å². The number of ether oxygens (including phenoxy) is 1. The van der Waals surface area contributed by atoms with Gasteiger partial charge in [0, 0.05) is 6.42 Å². The number of aliphatic hydroxyl groups is 3. The van der Waals surface area contributed by atoms with Crippen molar-refractivity contribution in [3.63, 3.8) is 0 Å². The molecule has 0 heterocycles. The molecule has 0 rings (SSSR count). The molecular weight excluding hydrogens is 184 g/mol. The van der Waals surface area contributed by atoms with Gasteiger partial charge < -0.3 is 20.1 Å². The van der Waals surface area contributed by atoms with Gasteiger partial charge in [0.1, 0.15) is 0 Å². The highest BCUT2D eigenvalue weighted by molar-refractivity contribution is 4.77. The summed E-state index contributed by atoms with van der Waals surface area (Å²) >= 11 is 0. The van der Waals surface area contributed by atoms with Crippen molar-refractivity contribution in [3.05, 3.63) is 0 Å². The van der Waals surface area contributed by atoms with E-state index in [9.17, 15) is 5.11 Å². The fourth-order valence-corrected chi connectivity index (χ4v) is 1.19. The van der Waals surface area contributed by atoms with Gasteiger partial charge in [0.2, 0.25) is 0 Å². The van der Waals surface area contributed by atoms with E-state index in [2.05, 4.69) is 0 Å². The average molecular weight is 206 g/mol. The van der Waals surface area contributed by atoms with Gasteiger partial charge in [-0.15, -0.1) is 0 Å². The predicted octanol–water partition coefficient (Wildman–Crippen LogP) is 0.296. The Labute approximate surface area is 85.5 Å². The minimum absolute atomic E-state index is 0.252. The summed E-state index contributed by atoms with van der Waals surface area (Å²) in [5.41, 5.74) is -0.473. The molecule has 4 heteroatoms. The van der Waals surface area contributed by atoms with Gasteiger partial charge in [0.25, 0.3) is 0 Å². The maximum absolute atomic E-state index is 9.30. The van der Waals surface area contributed by atoms with Crippen molar-refractivity contribution in [3.8, 4) is 0 Å². The Hall–Kier alpha value is -0.160. The summed E-state index contributed by atoms with van der Waals surface area (Å²) in [4.78, 5) is 0. The summed E-state index contributed by atoms with van der Waals surface area (Å²) in [6.07, 6.45) is -0.148. The van der Waals surface area contributed by atoms with Crippen molar-refractivity contribution in [2.75, 3.05) is 13.2 Å². The Kier molecular flexibility index (Phi) is 6.27. The molecule has 0 aromatic heterocycles. The van der Waals surface area contributed by atoms with Gasteiger partial charge >= 0.3 is 0 Å². The van der Waals surface area contributed by atoms with Crippen LogP contribution >= 0.6 is 0 Å². The molecule has 0 aliphatic heterocycles. The highest BCUT2D eigenvalue weighted by Crippen LogP contribution is 2.22. The first-order chi connectivity index (χ1) is 6.43. The molecule has 4 nitrogen and oxygen atoms in total. The van der Waals surface area contributed by atoms with Crippen molar-refractivity contribution in [1.29, 1.82) is 0 Å². The van der Waals surface area contributed by atoms with Crippen LogP contribution in [0, 0.1) is 0 Å². The third-order valence-corrected chi connectivity index (χ3v) is 2.30. The summed E-state index contributed by atoms with van der Waals surface area (Å²) in [7, 11) is 0. The van der Waals surface area contributed by atoms with Crippen molar-refractivity contribution in [2.24, 2.45) is 0 Å². The molecule has 3 unspecified atom stereocenters. The highest BCUT2D eigenvalue weighted by atomic mass is 16.5. The van der Waals surface area contributed by atoms with E-state index in [1.54, 1.807) is 6.92 Å². The van der Waals surface area contributed by atoms with Gasteiger partial charge in [-0.2, -0.15) is 0 Å². The van der Waals surface area contributed by atoms with Gasteiger partial charge in [-0.05, 0) is 20.3 Å². The summed E-state index contributed by atoms with van der Waals surface area (Å²) in [6, 6.07) is 0. The van der Waals surface area contributed by atoms with Crippen LogP contribution in [0.1, 0.15) is 33.6 Å². The van der Waals surface area contributed by atoms with Gasteiger partial charge in [0.15, 0.2) is 0 Å². The van der Waals surface area contributed by atoms with Crippen LogP contribution in [-0.4, -0.2) is 46.3 Å². The lowest BCUT2D eigenvalue weighted by Crippen LogP contribution is -2.36. The first-order valence-corrected chi connectivity index (χ1v) is 5.04. The number of hydrogen-bond acceptors (Lipinski definition) is 4. The normalized spacial score (nSPS) is 20.1. The average Bonchev–Trinajstić information content (AvgIpc) is 2.14. The van der Waals surface area contributed by atoms with Gasteiger partial charge in [-0.25, -0.2) is 0 Å². The molecule has 0 aromatic carbocycles. The third kappa shape index (κ3) is 5.54. The molecule has 0 fully saturated rings. The number of hydrogen-bond donors (Lipinski definition) is 3. The molecule has 0 aliphatic rings. The van der Waals surface area contributed by atoms with Gasteiger partial charge in [-0.3, -0.25) is 0 Å². The molecule has 0 radical (unpaired) electrons. The monoisotopic (exact) mass is 206 g/mol. The Morgan fingerprint density at radius 3 is 2.29 bits per heavy atom. The van der Waals surface area contributed by atoms with E-state index in [4.69, 9.17) is 14.9 Å². The second-order valence-electron chi connectivity index (χ2n) is 4.00. The SMILES string of the molecule is CCC(C)(CC(O)CO)OCC(C)O. The second kappa shape index (κ2) is 6.35. The van der Waals surface area contributed by atoms with Gasteiger partial charge in [0.05, 0.1) is 31.0 Å². The van der Waals surface area contributed by atoms with E-state index in [0.29, 0.717) is 6.42 Å². The lowest BCUT2D eigenvalue weighted by Gasteiger charge is -2.31. The van der Waals surface area contributed by atoms with Gasteiger partial charge in [-0.1, -0.05) is 6.92 Å². The molecule has 3 atom stereocenters. The summed E-state index contributed by atoms with van der Waals surface area (Å²) in [5, 5.41) is 27.1. The molecule has 0 aromatic rings. The Morgan fingerprint density at radius 1 is 1.36 bits per heavy atom. The van der Waals surface area contributed by atoms with Crippen LogP contribution in [0.3, 0.4) is 0 Å². The van der Waals surface area contributed by atoms with Crippen LogP contribution in [0.2, 0.25) is 0 Å². The van der Waals surface area contributed by atoms with E-state index in [-0.39, 0.29) is 13.2 Å². The zero-order valence-corrected chi connectivity index (χ0v) is 9.23. The minimum atomic E-state index is -0.756. The Morgan fingerprint density at radius 2 is 1.93 bits per heavy atom. The first kappa shape index (κ1) is 13.8. The zero-order valence-electron chi connectivity index (χ0n) is 9.23. The summed E-state index contributed by atoms with van der Waals surface area (Å²) in [5.74, 6) is 0. The van der Waals surface area contributed by atoms with Crippen molar-refractivity contribution < 1.29 is 20.1 Å². The van der Waals surface area contributed by atoms with Crippen LogP contribution in [-0.2, 0) is 4.74 Å². The standard InChI is InChI=1S/C10H22O4/c1-4-10(3,5-9(13)6-11)14-7-8(2)12/h8-9,11-13H,4-7H2,1-3H3. The van der Waals surface area contributed by atoms with Crippen LogP contribution in [0.5, 0.6) is 0 Å². The molecule has 14 heavy (non-hydrogen) atoms. The van der Waals surface area contributed by atoms with E-state index < -0.39 is 17.8 Å². The van der Waals surface area contributed by atoms with Crippen LogP contribution in [0.25, 0.3) is 0 Å². The quantitative estimate of drug-likeness (QED) is 0.560. The molecule has 0 spiro atoms. The second-order valence-corrected chi connectivity index (χ2v) is 4.00. The van der Waals surface area contributed by atoms with Crippen LogP contribution < -0.4 is 0 Å². The fourth-order valence-electron chi connectivity index (χ4n) is 1.19. The Bertz CT molecular complexity index is 149. The zero-order chi connectivity index (χ0) is 11.2. The lowest BCUT2D eigenvalue weighted by atomic mass is 9.95. The molecule has 0 saturated heterocycles. The minimum Gasteiger partial charge on any atom is -0.394 e. The van der Waals surface area contributed by atoms with E-state index in [1.807, 2.05) is 13.8 Å². The Balaban J connectivity index is 4.03. The summed E-state index contributed by atoms with van der Waals surface area (Å²) in [6.45, 7) is 5.47. The lowest BCUT2D eigenvalue weighted by molar-refractivity contribution is -0.0942. The van der Waals surface area contributed by atoms with Crippen molar-refractivity contribution >= 4 is 0 Å². The summed E-state index contributed by atoms with van der Waals surface area (Å²) < 4.78 is 5.49. The first-order valence-electron chi connectivity index (χ1n) is 5.04. The van der Waals surface area contributed by atoms with Crippen molar-refractivity contribution in [1.82, 2.24) is 0 Å². The molecular formula is C10H22O4. The predicted molar refractivity (Wildman–Crippen MR) is 54.0 cm³/mol. The van der Waals surface area contributed by atoms with Crippen LogP contribution in [0.15, 0.2) is 0 Å². The molecule has 0 amide bonds. The van der Waals surface area contributed by atoms with E-state index in [1.165, 1.54) is 0 Å².